The van der Waals surface area contributed by atoms with Gasteiger partial charge in [0.1, 0.15) is 0 Å². The molecule has 4 heteroatoms. The van der Waals surface area contributed by atoms with Gasteiger partial charge in [-0.3, -0.25) is 9.69 Å². The van der Waals surface area contributed by atoms with Crippen LogP contribution in [0.3, 0.4) is 0 Å². The fraction of sp³-hybridized carbons (Fsp3) is 0.273. The Kier molecular flexibility index (Phi) is 6.19. The molecular formula is C22H23N3O. The van der Waals surface area contributed by atoms with Crippen LogP contribution in [0.5, 0.6) is 0 Å². The number of benzene rings is 2. The molecule has 3 rings (SSSR count). The van der Waals surface area contributed by atoms with Crippen molar-refractivity contribution in [3.05, 3.63) is 76.9 Å². The summed E-state index contributed by atoms with van der Waals surface area (Å²) in [4.78, 5) is 14.4. The zero-order valence-corrected chi connectivity index (χ0v) is 14.8. The van der Waals surface area contributed by atoms with Crippen molar-refractivity contribution in [3.63, 3.8) is 0 Å². The quantitative estimate of drug-likeness (QED) is 0.646. The summed E-state index contributed by atoms with van der Waals surface area (Å²) in [5, 5.41) is 11.8. The van der Waals surface area contributed by atoms with Crippen LogP contribution in [0.15, 0.2) is 54.6 Å². The lowest BCUT2D eigenvalue weighted by Crippen LogP contribution is -2.33. The number of amides is 1. The molecule has 1 amide bonds. The molecule has 2 aromatic carbocycles. The van der Waals surface area contributed by atoms with Crippen LogP contribution in [0.4, 0.5) is 0 Å². The summed E-state index contributed by atoms with van der Waals surface area (Å²) < 4.78 is 0. The largest absolute Gasteiger partial charge is 0.353 e. The first-order chi connectivity index (χ1) is 12.7. The van der Waals surface area contributed by atoms with Crippen LogP contribution < -0.4 is 5.32 Å². The normalized spacial score (nSPS) is 14.0. The highest BCUT2D eigenvalue weighted by molar-refractivity contribution is 5.91. The number of hydrogen-bond acceptors (Lipinski definition) is 3. The van der Waals surface area contributed by atoms with Gasteiger partial charge in [-0.2, -0.15) is 5.26 Å². The molecule has 132 valence electrons. The molecule has 1 aliphatic heterocycles. The number of nitriles is 1. The molecule has 26 heavy (non-hydrogen) atoms. The zero-order valence-electron chi connectivity index (χ0n) is 14.8. The second kappa shape index (κ2) is 8.98. The second-order valence-electron chi connectivity index (χ2n) is 6.51. The number of fused-ring (bicyclic) bond motifs is 1. The molecule has 0 aliphatic carbocycles. The molecule has 4 nitrogen and oxygen atoms in total. The third-order valence-electron chi connectivity index (χ3n) is 4.60. The van der Waals surface area contributed by atoms with Gasteiger partial charge in [-0.15, -0.1) is 0 Å². The van der Waals surface area contributed by atoms with Crippen molar-refractivity contribution in [2.45, 2.75) is 19.4 Å². The summed E-state index contributed by atoms with van der Waals surface area (Å²) in [6, 6.07) is 17.9. The third-order valence-corrected chi connectivity index (χ3v) is 4.60. The minimum atomic E-state index is -0.101. The third kappa shape index (κ3) is 5.05. The van der Waals surface area contributed by atoms with E-state index < -0.39 is 0 Å². The predicted octanol–water partition coefficient (Wildman–Crippen LogP) is 3.14. The lowest BCUT2D eigenvalue weighted by Gasteiger charge is -2.28. The number of nitrogens with one attached hydrogen (secondary N) is 1. The summed E-state index contributed by atoms with van der Waals surface area (Å²) in [7, 11) is 0. The first kappa shape index (κ1) is 17.9. The number of carbonyl (C=O) groups is 1. The molecular weight excluding hydrogens is 322 g/mol. The van der Waals surface area contributed by atoms with E-state index in [1.807, 2.05) is 12.1 Å². The summed E-state index contributed by atoms with van der Waals surface area (Å²) in [6.45, 7) is 3.74. The van der Waals surface area contributed by atoms with Gasteiger partial charge in [0.05, 0.1) is 11.6 Å². The Morgan fingerprint density at radius 1 is 1.19 bits per heavy atom. The summed E-state index contributed by atoms with van der Waals surface area (Å²) in [6.07, 6.45) is 5.30. The molecule has 2 aromatic rings. The first-order valence-corrected chi connectivity index (χ1v) is 9.00. The van der Waals surface area contributed by atoms with Gasteiger partial charge in [-0.05, 0) is 47.7 Å². The SMILES string of the molecule is N#Cc1cccc(/C=C\C(=O)NCCCN2CCc3ccccc3C2)c1. The molecule has 0 spiro atoms. The van der Waals surface area contributed by atoms with Crippen LogP contribution in [0.1, 0.15) is 28.7 Å². The van der Waals surface area contributed by atoms with Crippen molar-refractivity contribution in [3.8, 4) is 6.07 Å². The molecule has 0 bridgehead atoms. The molecule has 0 atom stereocenters. The topological polar surface area (TPSA) is 56.1 Å². The van der Waals surface area contributed by atoms with Crippen LogP contribution >= 0.6 is 0 Å². The average Bonchev–Trinajstić information content (AvgIpc) is 2.69. The van der Waals surface area contributed by atoms with E-state index in [-0.39, 0.29) is 5.91 Å². The molecule has 0 aromatic heterocycles. The van der Waals surface area contributed by atoms with E-state index >= 15 is 0 Å². The van der Waals surface area contributed by atoms with Gasteiger partial charge < -0.3 is 5.32 Å². The van der Waals surface area contributed by atoms with Crippen molar-refractivity contribution in [2.75, 3.05) is 19.6 Å². The van der Waals surface area contributed by atoms with Crippen molar-refractivity contribution < 1.29 is 4.79 Å². The minimum Gasteiger partial charge on any atom is -0.353 e. The molecule has 0 radical (unpaired) electrons. The van der Waals surface area contributed by atoms with Crippen molar-refractivity contribution >= 4 is 12.0 Å². The maximum absolute atomic E-state index is 11.9. The van der Waals surface area contributed by atoms with E-state index in [0.29, 0.717) is 12.1 Å². The standard InChI is InChI=1S/C22H23N3O/c23-16-19-6-3-5-18(15-19)9-10-22(26)24-12-4-13-25-14-11-20-7-1-2-8-21(20)17-25/h1-3,5-10,15H,4,11-14,17H2,(H,24,26)/b10-9-. The van der Waals surface area contributed by atoms with Gasteiger partial charge in [0.15, 0.2) is 0 Å². The molecule has 0 saturated carbocycles. The molecule has 1 aliphatic rings. The number of nitrogens with zero attached hydrogens (tertiary/aromatic N) is 2. The number of carbonyl (C=O) groups excluding carboxylic acids is 1. The van der Waals surface area contributed by atoms with E-state index in [0.717, 1.165) is 38.0 Å². The summed E-state index contributed by atoms with van der Waals surface area (Å²) in [5.74, 6) is -0.101. The van der Waals surface area contributed by atoms with Crippen LogP contribution in [0.25, 0.3) is 6.08 Å². The summed E-state index contributed by atoms with van der Waals surface area (Å²) >= 11 is 0. The highest BCUT2D eigenvalue weighted by Gasteiger charge is 2.14. The van der Waals surface area contributed by atoms with E-state index in [4.69, 9.17) is 5.26 Å². The smallest absolute Gasteiger partial charge is 0.243 e. The van der Waals surface area contributed by atoms with E-state index in [1.54, 1.807) is 18.2 Å². The number of rotatable bonds is 6. The minimum absolute atomic E-state index is 0.101. The maximum atomic E-state index is 11.9. The van der Waals surface area contributed by atoms with E-state index in [1.165, 1.54) is 17.2 Å². The Balaban J connectivity index is 1.38. The van der Waals surface area contributed by atoms with Gasteiger partial charge in [0.25, 0.3) is 0 Å². The van der Waals surface area contributed by atoms with Crippen molar-refractivity contribution in [1.82, 2.24) is 10.2 Å². The Morgan fingerprint density at radius 3 is 2.88 bits per heavy atom. The Labute approximate surface area is 154 Å². The van der Waals surface area contributed by atoms with E-state index in [9.17, 15) is 4.79 Å². The van der Waals surface area contributed by atoms with Crippen LogP contribution in [-0.2, 0) is 17.8 Å². The molecule has 1 N–H and O–H groups in total. The van der Waals surface area contributed by atoms with Crippen LogP contribution in [0.2, 0.25) is 0 Å². The highest BCUT2D eigenvalue weighted by atomic mass is 16.1. The molecule has 1 heterocycles. The maximum Gasteiger partial charge on any atom is 0.243 e. The average molecular weight is 345 g/mol. The van der Waals surface area contributed by atoms with Crippen molar-refractivity contribution in [1.29, 1.82) is 5.26 Å². The predicted molar refractivity (Wildman–Crippen MR) is 103 cm³/mol. The van der Waals surface area contributed by atoms with Gasteiger partial charge in [-0.25, -0.2) is 0 Å². The van der Waals surface area contributed by atoms with Crippen molar-refractivity contribution in [2.24, 2.45) is 0 Å². The Morgan fingerprint density at radius 2 is 2.04 bits per heavy atom. The van der Waals surface area contributed by atoms with Gasteiger partial charge >= 0.3 is 0 Å². The Bertz CT molecular complexity index is 835. The van der Waals surface area contributed by atoms with Crippen LogP contribution in [0, 0.1) is 11.3 Å². The molecule has 0 fully saturated rings. The van der Waals surface area contributed by atoms with Gasteiger partial charge in [-0.1, -0.05) is 36.4 Å². The van der Waals surface area contributed by atoms with Crippen LogP contribution in [-0.4, -0.2) is 30.4 Å². The first-order valence-electron chi connectivity index (χ1n) is 9.00. The fourth-order valence-corrected chi connectivity index (χ4v) is 3.20. The van der Waals surface area contributed by atoms with Gasteiger partial charge in [0, 0.05) is 32.3 Å². The second-order valence-corrected chi connectivity index (χ2v) is 6.51. The number of hydrogen-bond donors (Lipinski definition) is 1. The lowest BCUT2D eigenvalue weighted by atomic mass is 10.00. The van der Waals surface area contributed by atoms with E-state index in [2.05, 4.69) is 40.6 Å². The van der Waals surface area contributed by atoms with Gasteiger partial charge in [0.2, 0.25) is 5.91 Å². The molecule has 0 saturated heterocycles. The molecule has 0 unspecified atom stereocenters. The zero-order chi connectivity index (χ0) is 18.2. The summed E-state index contributed by atoms with van der Waals surface area (Å²) in [5.41, 5.74) is 4.33. The lowest BCUT2D eigenvalue weighted by molar-refractivity contribution is -0.116. The highest BCUT2D eigenvalue weighted by Crippen LogP contribution is 2.18. The fourth-order valence-electron chi connectivity index (χ4n) is 3.20. The Hall–Kier alpha value is -2.90. The monoisotopic (exact) mass is 345 g/mol.